The molecule has 2 amide bonds. The van der Waals surface area contributed by atoms with Crippen molar-refractivity contribution in [1.29, 1.82) is 0 Å². The molecular formula is C22H38N2O16. The first kappa shape index (κ1) is 32.9. The first-order valence-electron chi connectivity index (χ1n) is 12.6. The van der Waals surface area contributed by atoms with Gasteiger partial charge in [0.25, 0.3) is 0 Å². The van der Waals surface area contributed by atoms with E-state index in [1.807, 2.05) is 0 Å². The lowest BCUT2D eigenvalue weighted by Gasteiger charge is -2.47. The second-order valence-electron chi connectivity index (χ2n) is 9.85. The summed E-state index contributed by atoms with van der Waals surface area (Å²) in [5.41, 5.74) is 0. The van der Waals surface area contributed by atoms with Crippen molar-refractivity contribution in [3.8, 4) is 0 Å². The van der Waals surface area contributed by atoms with Crippen LogP contribution in [0.25, 0.3) is 0 Å². The Kier molecular flexibility index (Phi) is 11.5. The Balaban J connectivity index is 1.79. The van der Waals surface area contributed by atoms with Crippen molar-refractivity contribution in [2.45, 2.75) is 106 Å². The van der Waals surface area contributed by atoms with Crippen LogP contribution in [0, 0.1) is 0 Å². The smallest absolute Gasteiger partial charge is 0.217 e. The van der Waals surface area contributed by atoms with E-state index in [4.69, 9.17) is 23.7 Å². The molecule has 3 aliphatic heterocycles. The van der Waals surface area contributed by atoms with Crippen molar-refractivity contribution in [2.24, 2.45) is 0 Å². The highest BCUT2D eigenvalue weighted by atomic mass is 16.7. The minimum atomic E-state index is -1.76. The third kappa shape index (κ3) is 7.23. The number of carbonyl (C=O) groups is 2. The quantitative estimate of drug-likeness (QED) is 0.120. The molecular weight excluding hydrogens is 548 g/mol. The fourth-order valence-electron chi connectivity index (χ4n) is 4.76. The van der Waals surface area contributed by atoms with E-state index in [-0.39, 0.29) is 0 Å². The molecule has 0 radical (unpaired) electrons. The second-order valence-corrected chi connectivity index (χ2v) is 9.85. The Hall–Kier alpha value is -1.62. The van der Waals surface area contributed by atoms with Gasteiger partial charge in [-0.15, -0.1) is 0 Å². The zero-order chi connectivity index (χ0) is 29.9. The topological polar surface area (TPSA) is 286 Å². The number of aliphatic hydroxyl groups is 9. The van der Waals surface area contributed by atoms with Gasteiger partial charge < -0.3 is 80.3 Å². The van der Waals surface area contributed by atoms with Crippen LogP contribution >= 0.6 is 0 Å². The Morgan fingerprint density at radius 3 is 1.77 bits per heavy atom. The number of nitrogens with one attached hydrogen (secondary N) is 2. The highest BCUT2D eigenvalue weighted by Crippen LogP contribution is 2.30. The molecule has 0 aliphatic carbocycles. The molecule has 0 bridgehead atoms. The zero-order valence-electron chi connectivity index (χ0n) is 21.7. The van der Waals surface area contributed by atoms with E-state index in [1.54, 1.807) is 0 Å². The van der Waals surface area contributed by atoms with Crippen molar-refractivity contribution < 1.29 is 79.2 Å². The molecule has 0 aromatic heterocycles. The summed E-state index contributed by atoms with van der Waals surface area (Å²) >= 11 is 0. The number of hydrogen-bond donors (Lipinski definition) is 11. The first-order chi connectivity index (χ1) is 18.8. The van der Waals surface area contributed by atoms with Gasteiger partial charge in [0.2, 0.25) is 11.8 Å². The molecule has 3 rings (SSSR count). The molecule has 0 aromatic rings. The van der Waals surface area contributed by atoms with Crippen LogP contribution in [0.4, 0.5) is 0 Å². The molecule has 3 saturated heterocycles. The number of carbonyl (C=O) groups excluding carboxylic acids is 2. The van der Waals surface area contributed by atoms with E-state index in [0.717, 1.165) is 13.8 Å². The number of amides is 2. The largest absolute Gasteiger partial charge is 0.394 e. The predicted octanol–water partition coefficient (Wildman–Crippen LogP) is -7.29. The highest BCUT2D eigenvalue weighted by molar-refractivity contribution is 5.73. The number of hydrogen-bond acceptors (Lipinski definition) is 16. The van der Waals surface area contributed by atoms with Crippen molar-refractivity contribution in [3.63, 3.8) is 0 Å². The number of ether oxygens (including phenoxy) is 5. The van der Waals surface area contributed by atoms with Crippen molar-refractivity contribution >= 4 is 11.8 Å². The third-order valence-corrected chi connectivity index (χ3v) is 6.88. The minimum absolute atomic E-state index is 0.617. The molecule has 18 heteroatoms. The second kappa shape index (κ2) is 14.0. The van der Waals surface area contributed by atoms with Crippen LogP contribution in [0.1, 0.15) is 13.8 Å². The van der Waals surface area contributed by atoms with Crippen LogP contribution in [-0.4, -0.2) is 170 Å². The van der Waals surface area contributed by atoms with Crippen LogP contribution in [0.3, 0.4) is 0 Å². The molecule has 3 aliphatic rings. The molecule has 0 spiro atoms. The minimum Gasteiger partial charge on any atom is -0.394 e. The van der Waals surface area contributed by atoms with Gasteiger partial charge in [0.05, 0.1) is 19.8 Å². The highest BCUT2D eigenvalue weighted by Gasteiger charge is 2.52. The standard InChI is InChI=1S/C22H38N2O16/c1-6(27)23-11-16(32)19(9(4-26)37-20(11)35)40-21-12(24-7(2)28)15(31)14(30)10(39-21)5-36-22-18(34)17(33)13(29)8(3-25)38-22/h8-22,25-26,29-35H,3-5H2,1-2H3,(H,23,27)(H,24,28)/t8-,9-,10-,11-,12-,13-,14-,15-,16-,17+,18+,19-,20?,21+,22+/m1/s1. The van der Waals surface area contributed by atoms with E-state index in [9.17, 15) is 55.5 Å². The van der Waals surface area contributed by atoms with Gasteiger partial charge in [-0.1, -0.05) is 0 Å². The molecule has 15 atom stereocenters. The Morgan fingerprint density at radius 2 is 1.20 bits per heavy atom. The van der Waals surface area contributed by atoms with E-state index in [0.29, 0.717) is 0 Å². The normalized spacial score (nSPS) is 46.0. The third-order valence-electron chi connectivity index (χ3n) is 6.88. The number of aliphatic hydroxyl groups excluding tert-OH is 9. The van der Waals surface area contributed by atoms with Gasteiger partial charge in [-0.25, -0.2) is 0 Å². The SMILES string of the molecule is CC(=O)N[C@H]1[C@H](O[C@H]2[C@H](O)[C@@H](NC(C)=O)C(O)O[C@@H]2CO)O[C@H](CO[C@H]2O[C@H](CO)[C@@H](O)[C@H](O)[C@@H]2O)[C@@H](O)[C@@H]1O. The van der Waals surface area contributed by atoms with Crippen LogP contribution in [0.2, 0.25) is 0 Å². The van der Waals surface area contributed by atoms with Gasteiger partial charge in [-0.3, -0.25) is 9.59 Å². The molecule has 232 valence electrons. The Bertz CT molecular complexity index is 852. The molecule has 1 unspecified atom stereocenters. The zero-order valence-corrected chi connectivity index (χ0v) is 21.7. The summed E-state index contributed by atoms with van der Waals surface area (Å²) in [6.45, 7) is 0.142. The fraction of sp³-hybridized carbons (Fsp3) is 0.909. The van der Waals surface area contributed by atoms with Gasteiger partial charge in [0, 0.05) is 13.8 Å². The lowest BCUT2D eigenvalue weighted by molar-refractivity contribution is -0.340. The van der Waals surface area contributed by atoms with Crippen LogP contribution < -0.4 is 10.6 Å². The monoisotopic (exact) mass is 586 g/mol. The van der Waals surface area contributed by atoms with E-state index < -0.39 is 124 Å². The molecule has 0 saturated carbocycles. The Morgan fingerprint density at radius 1 is 0.650 bits per heavy atom. The summed E-state index contributed by atoms with van der Waals surface area (Å²) in [7, 11) is 0. The molecule has 3 fully saturated rings. The van der Waals surface area contributed by atoms with Crippen molar-refractivity contribution in [2.75, 3.05) is 19.8 Å². The van der Waals surface area contributed by atoms with Crippen LogP contribution in [-0.2, 0) is 33.3 Å². The predicted molar refractivity (Wildman–Crippen MR) is 124 cm³/mol. The summed E-state index contributed by atoms with van der Waals surface area (Å²) < 4.78 is 27.4. The van der Waals surface area contributed by atoms with Crippen LogP contribution in [0.5, 0.6) is 0 Å². The summed E-state index contributed by atoms with van der Waals surface area (Å²) in [4.78, 5) is 23.4. The summed E-state index contributed by atoms with van der Waals surface area (Å²) in [5.74, 6) is -1.28. The average Bonchev–Trinajstić information content (AvgIpc) is 2.90. The van der Waals surface area contributed by atoms with Gasteiger partial charge in [0.15, 0.2) is 18.9 Å². The van der Waals surface area contributed by atoms with E-state index >= 15 is 0 Å². The molecule has 18 nitrogen and oxygen atoms in total. The van der Waals surface area contributed by atoms with Gasteiger partial charge >= 0.3 is 0 Å². The summed E-state index contributed by atoms with van der Waals surface area (Å²) in [6, 6.07) is -2.83. The first-order valence-corrected chi connectivity index (χ1v) is 12.6. The molecule has 0 aromatic carbocycles. The molecule has 40 heavy (non-hydrogen) atoms. The maximum Gasteiger partial charge on any atom is 0.217 e. The molecule has 11 N–H and O–H groups in total. The van der Waals surface area contributed by atoms with Gasteiger partial charge in [0.1, 0.15) is 73.1 Å². The summed E-state index contributed by atoms with van der Waals surface area (Å²) in [6.07, 6.45) is -20.8. The molecule has 3 heterocycles. The van der Waals surface area contributed by atoms with Crippen LogP contribution in [0.15, 0.2) is 0 Å². The average molecular weight is 587 g/mol. The lowest BCUT2D eigenvalue weighted by atomic mass is 9.94. The van der Waals surface area contributed by atoms with Crippen molar-refractivity contribution in [1.82, 2.24) is 10.6 Å². The maximum absolute atomic E-state index is 11.8. The van der Waals surface area contributed by atoms with Gasteiger partial charge in [-0.2, -0.15) is 0 Å². The lowest BCUT2D eigenvalue weighted by Crippen LogP contribution is -2.69. The maximum atomic E-state index is 11.8. The van der Waals surface area contributed by atoms with Gasteiger partial charge in [-0.05, 0) is 0 Å². The van der Waals surface area contributed by atoms with Crippen molar-refractivity contribution in [3.05, 3.63) is 0 Å². The number of rotatable bonds is 9. The van der Waals surface area contributed by atoms with E-state index in [2.05, 4.69) is 10.6 Å². The summed E-state index contributed by atoms with van der Waals surface area (Å²) in [5, 5.41) is 96.3. The fourth-order valence-corrected chi connectivity index (χ4v) is 4.76. The Labute approximate surface area is 228 Å². The van der Waals surface area contributed by atoms with E-state index in [1.165, 1.54) is 0 Å².